The van der Waals surface area contributed by atoms with Crippen LogP contribution in [0.4, 0.5) is 5.69 Å². The Labute approximate surface area is 153 Å². The number of nitrogens with one attached hydrogen (secondary N) is 2. The molecule has 0 radical (unpaired) electrons. The van der Waals surface area contributed by atoms with Gasteiger partial charge in [0.05, 0.1) is 11.8 Å². The molecule has 0 aromatic heterocycles. The van der Waals surface area contributed by atoms with Crippen LogP contribution in [0.1, 0.15) is 43.9 Å². The summed E-state index contributed by atoms with van der Waals surface area (Å²) >= 11 is 0. The number of rotatable bonds is 2. The molecule has 0 saturated carbocycles. The molecule has 0 bridgehead atoms. The van der Waals surface area contributed by atoms with Crippen LogP contribution >= 0.6 is 0 Å². The molecule has 3 heterocycles. The summed E-state index contributed by atoms with van der Waals surface area (Å²) in [5.74, 6) is -1.81. The van der Waals surface area contributed by atoms with Gasteiger partial charge in [-0.05, 0) is 45.2 Å². The van der Waals surface area contributed by atoms with Gasteiger partial charge in [0.25, 0.3) is 0 Å². The molecule has 3 amide bonds. The predicted octanol–water partition coefficient (Wildman–Crippen LogP) is 1.84. The highest BCUT2D eigenvalue weighted by Crippen LogP contribution is 2.53. The summed E-state index contributed by atoms with van der Waals surface area (Å²) in [6.45, 7) is 9.70. The molecule has 0 aliphatic carbocycles. The normalized spacial score (nSPS) is 33.7. The van der Waals surface area contributed by atoms with Crippen LogP contribution in [0.3, 0.4) is 0 Å². The highest BCUT2D eigenvalue weighted by molar-refractivity contribution is 6.15. The third-order valence-electron chi connectivity index (χ3n) is 6.63. The van der Waals surface area contributed by atoms with E-state index in [0.29, 0.717) is 6.42 Å². The van der Waals surface area contributed by atoms with Crippen LogP contribution in [0.2, 0.25) is 0 Å². The van der Waals surface area contributed by atoms with Crippen molar-refractivity contribution in [2.45, 2.75) is 58.7 Å². The van der Waals surface area contributed by atoms with Crippen molar-refractivity contribution in [3.05, 3.63) is 28.8 Å². The summed E-state index contributed by atoms with van der Waals surface area (Å²) in [7, 11) is 0. The number of benzene rings is 1. The molecule has 6 nitrogen and oxygen atoms in total. The summed E-state index contributed by atoms with van der Waals surface area (Å²) in [6, 6.07) is 3.49. The molecule has 2 N–H and O–H groups in total. The molecule has 1 aromatic rings. The van der Waals surface area contributed by atoms with Gasteiger partial charge in [0.2, 0.25) is 17.7 Å². The molecule has 1 spiro atoms. The molecule has 3 aliphatic rings. The maximum absolute atomic E-state index is 13.3. The van der Waals surface area contributed by atoms with E-state index >= 15 is 0 Å². The van der Waals surface area contributed by atoms with E-state index in [1.807, 2.05) is 46.8 Å². The number of aryl methyl sites for hydroxylation is 1. The van der Waals surface area contributed by atoms with Crippen molar-refractivity contribution >= 4 is 23.4 Å². The second kappa shape index (κ2) is 5.39. The Morgan fingerprint density at radius 2 is 1.88 bits per heavy atom. The number of amides is 3. The Kier molecular flexibility index (Phi) is 3.57. The number of hydrogen-bond acceptors (Lipinski definition) is 4. The number of imide groups is 1. The van der Waals surface area contributed by atoms with Crippen molar-refractivity contribution < 1.29 is 14.4 Å². The molecule has 4 rings (SSSR count). The van der Waals surface area contributed by atoms with Crippen LogP contribution < -0.4 is 10.6 Å². The second-order valence-electron chi connectivity index (χ2n) is 7.93. The standard InChI is InChI=1S/C20H25N3O3/c1-6-10(3)23-17(24)14-12(5)22-20(15(14)18(23)25)13-8-7-9(2)11(4)16(13)21-19(20)26/h7-8,10,12,14-15,22H,6H2,1-5H3,(H,21,26)/t10?,12?,14-,15+,20?/m1/s1. The molecule has 3 aliphatic heterocycles. The maximum Gasteiger partial charge on any atom is 0.250 e. The fourth-order valence-corrected chi connectivity index (χ4v) is 4.92. The van der Waals surface area contributed by atoms with Gasteiger partial charge in [-0.2, -0.15) is 0 Å². The van der Waals surface area contributed by atoms with E-state index in [-0.39, 0.29) is 29.8 Å². The van der Waals surface area contributed by atoms with Gasteiger partial charge in [-0.3, -0.25) is 24.6 Å². The molecular weight excluding hydrogens is 330 g/mol. The number of anilines is 1. The molecule has 2 saturated heterocycles. The fourth-order valence-electron chi connectivity index (χ4n) is 4.92. The SMILES string of the molecule is CCC(C)N1C(=O)[C@@H]2C(C)NC3(C(=O)Nc4c3ccc(C)c4C)[C@@H]2C1=O. The zero-order valence-corrected chi connectivity index (χ0v) is 15.8. The Hall–Kier alpha value is -2.21. The number of nitrogens with zero attached hydrogens (tertiary/aromatic N) is 1. The van der Waals surface area contributed by atoms with Gasteiger partial charge in [0, 0.05) is 23.3 Å². The molecule has 5 atom stereocenters. The van der Waals surface area contributed by atoms with Crippen molar-refractivity contribution in [1.82, 2.24) is 10.2 Å². The lowest BCUT2D eigenvalue weighted by atomic mass is 9.76. The number of carbonyl (C=O) groups excluding carboxylic acids is 3. The number of hydrogen-bond donors (Lipinski definition) is 2. The fraction of sp³-hybridized carbons (Fsp3) is 0.550. The predicted molar refractivity (Wildman–Crippen MR) is 97.4 cm³/mol. The summed E-state index contributed by atoms with van der Waals surface area (Å²) in [6.07, 6.45) is 0.701. The van der Waals surface area contributed by atoms with Crippen LogP contribution in [0, 0.1) is 25.7 Å². The molecule has 26 heavy (non-hydrogen) atoms. The zero-order valence-electron chi connectivity index (χ0n) is 15.8. The van der Waals surface area contributed by atoms with Crippen LogP contribution in [0.25, 0.3) is 0 Å². The lowest BCUT2D eigenvalue weighted by Gasteiger charge is -2.30. The van der Waals surface area contributed by atoms with E-state index in [9.17, 15) is 14.4 Å². The molecule has 6 heteroatoms. The lowest BCUT2D eigenvalue weighted by molar-refractivity contribution is -0.145. The smallest absolute Gasteiger partial charge is 0.250 e. The van der Waals surface area contributed by atoms with Crippen LogP contribution in [-0.2, 0) is 19.9 Å². The molecule has 3 unspecified atom stereocenters. The van der Waals surface area contributed by atoms with Crippen LogP contribution in [0.15, 0.2) is 12.1 Å². The van der Waals surface area contributed by atoms with Gasteiger partial charge in [-0.15, -0.1) is 0 Å². The van der Waals surface area contributed by atoms with E-state index in [1.54, 1.807) is 0 Å². The highest BCUT2D eigenvalue weighted by Gasteiger charge is 2.70. The van der Waals surface area contributed by atoms with Gasteiger partial charge < -0.3 is 5.32 Å². The van der Waals surface area contributed by atoms with Crippen LogP contribution in [0.5, 0.6) is 0 Å². The minimum atomic E-state index is -1.16. The van der Waals surface area contributed by atoms with Gasteiger partial charge in [-0.1, -0.05) is 19.1 Å². The monoisotopic (exact) mass is 355 g/mol. The third-order valence-corrected chi connectivity index (χ3v) is 6.63. The third kappa shape index (κ3) is 1.83. The second-order valence-corrected chi connectivity index (χ2v) is 7.93. The lowest BCUT2D eigenvalue weighted by Crippen LogP contribution is -2.53. The highest BCUT2D eigenvalue weighted by atomic mass is 16.2. The van der Waals surface area contributed by atoms with Crippen molar-refractivity contribution in [3.8, 4) is 0 Å². The van der Waals surface area contributed by atoms with E-state index in [1.165, 1.54) is 4.90 Å². The van der Waals surface area contributed by atoms with E-state index in [2.05, 4.69) is 10.6 Å². The number of carbonyl (C=O) groups is 3. The molecule has 138 valence electrons. The average molecular weight is 355 g/mol. The minimum absolute atomic E-state index is 0.156. The Morgan fingerprint density at radius 1 is 1.19 bits per heavy atom. The van der Waals surface area contributed by atoms with Crippen LogP contribution in [-0.4, -0.2) is 34.7 Å². The molecule has 2 fully saturated rings. The summed E-state index contributed by atoms with van der Waals surface area (Å²) < 4.78 is 0. The Balaban J connectivity index is 1.90. The van der Waals surface area contributed by atoms with Gasteiger partial charge >= 0.3 is 0 Å². The van der Waals surface area contributed by atoms with Gasteiger partial charge in [-0.25, -0.2) is 0 Å². The maximum atomic E-state index is 13.3. The van der Waals surface area contributed by atoms with Crippen molar-refractivity contribution in [2.24, 2.45) is 11.8 Å². The topological polar surface area (TPSA) is 78.5 Å². The molecule has 1 aromatic carbocycles. The first-order valence-corrected chi connectivity index (χ1v) is 9.32. The Bertz CT molecular complexity index is 849. The van der Waals surface area contributed by atoms with E-state index in [0.717, 1.165) is 22.4 Å². The van der Waals surface area contributed by atoms with Gasteiger partial charge in [0.15, 0.2) is 0 Å². The minimum Gasteiger partial charge on any atom is -0.324 e. The van der Waals surface area contributed by atoms with Crippen molar-refractivity contribution in [3.63, 3.8) is 0 Å². The Morgan fingerprint density at radius 3 is 2.54 bits per heavy atom. The summed E-state index contributed by atoms with van der Waals surface area (Å²) in [4.78, 5) is 40.9. The van der Waals surface area contributed by atoms with E-state index in [4.69, 9.17) is 0 Å². The quantitative estimate of drug-likeness (QED) is 0.794. The number of likely N-dealkylation sites (tertiary alicyclic amines) is 1. The first kappa shape index (κ1) is 17.2. The van der Waals surface area contributed by atoms with Crippen molar-refractivity contribution in [2.75, 3.05) is 5.32 Å². The summed E-state index contributed by atoms with van der Waals surface area (Å²) in [5.41, 5.74) is 2.49. The van der Waals surface area contributed by atoms with Gasteiger partial charge in [0.1, 0.15) is 5.54 Å². The summed E-state index contributed by atoms with van der Waals surface area (Å²) in [5, 5.41) is 6.32. The van der Waals surface area contributed by atoms with Crippen molar-refractivity contribution in [1.29, 1.82) is 0 Å². The van der Waals surface area contributed by atoms with E-state index < -0.39 is 17.4 Å². The number of fused-ring (bicyclic) bond motifs is 4. The zero-order chi connectivity index (χ0) is 19.0. The largest absolute Gasteiger partial charge is 0.324 e. The first-order chi connectivity index (χ1) is 12.3. The average Bonchev–Trinajstić information content (AvgIpc) is 3.16. The first-order valence-electron chi connectivity index (χ1n) is 9.32. The molecular formula is C20H25N3O3.